The van der Waals surface area contributed by atoms with Crippen molar-refractivity contribution in [2.75, 3.05) is 19.6 Å². The third-order valence-corrected chi connectivity index (χ3v) is 4.77. The number of imidazole rings is 1. The van der Waals surface area contributed by atoms with E-state index < -0.39 is 10.0 Å². The van der Waals surface area contributed by atoms with Crippen LogP contribution in [0.3, 0.4) is 0 Å². The van der Waals surface area contributed by atoms with Crippen LogP contribution in [0.5, 0.6) is 0 Å². The van der Waals surface area contributed by atoms with Gasteiger partial charge in [0.25, 0.3) is 10.0 Å². The molecular formula is C9H16N4O2S. The second-order valence-electron chi connectivity index (χ2n) is 3.99. The Hall–Kier alpha value is -0.920. The lowest BCUT2D eigenvalue weighted by Crippen LogP contribution is -2.52. The first-order valence-electron chi connectivity index (χ1n) is 5.23. The Bertz CT molecular complexity index is 468. The summed E-state index contributed by atoms with van der Waals surface area (Å²) in [5.74, 6) is 0. The zero-order valence-electron chi connectivity index (χ0n) is 9.42. The Balaban J connectivity index is 2.35. The first-order valence-corrected chi connectivity index (χ1v) is 6.67. The predicted octanol–water partition coefficient (Wildman–Crippen LogP) is -0.597. The van der Waals surface area contributed by atoms with Gasteiger partial charge in [-0.3, -0.25) is 0 Å². The van der Waals surface area contributed by atoms with Crippen LogP contribution >= 0.6 is 0 Å². The Morgan fingerprint density at radius 1 is 1.56 bits per heavy atom. The number of rotatable bonds is 2. The van der Waals surface area contributed by atoms with Crippen molar-refractivity contribution in [2.45, 2.75) is 18.1 Å². The monoisotopic (exact) mass is 244 g/mol. The largest absolute Gasteiger partial charge is 0.324 e. The lowest BCUT2D eigenvalue weighted by atomic mass is 10.3. The van der Waals surface area contributed by atoms with Gasteiger partial charge in [-0.2, -0.15) is 4.31 Å². The first-order chi connectivity index (χ1) is 7.53. The van der Waals surface area contributed by atoms with Gasteiger partial charge in [-0.15, -0.1) is 0 Å². The SMILES string of the molecule is C[C@@H]1CNCCN1S(=O)(=O)c1nccn1C. The first kappa shape index (κ1) is 11.6. The van der Waals surface area contributed by atoms with Crippen molar-refractivity contribution >= 4 is 10.0 Å². The highest BCUT2D eigenvalue weighted by Crippen LogP contribution is 2.16. The Labute approximate surface area is 95.3 Å². The molecule has 90 valence electrons. The molecule has 0 unspecified atom stereocenters. The number of nitrogens with one attached hydrogen (secondary N) is 1. The average molecular weight is 244 g/mol. The van der Waals surface area contributed by atoms with Crippen LogP contribution in [0.25, 0.3) is 0 Å². The number of aromatic nitrogens is 2. The van der Waals surface area contributed by atoms with E-state index in [0.717, 1.165) is 0 Å². The van der Waals surface area contributed by atoms with E-state index in [2.05, 4.69) is 10.3 Å². The molecule has 16 heavy (non-hydrogen) atoms. The van der Waals surface area contributed by atoms with Crippen LogP contribution in [-0.4, -0.2) is 48.0 Å². The van der Waals surface area contributed by atoms with Gasteiger partial charge in [-0.25, -0.2) is 13.4 Å². The zero-order valence-corrected chi connectivity index (χ0v) is 10.2. The Kier molecular flexibility index (Phi) is 3.00. The smallest absolute Gasteiger partial charge is 0.277 e. The quantitative estimate of drug-likeness (QED) is 0.754. The van der Waals surface area contributed by atoms with E-state index in [-0.39, 0.29) is 11.2 Å². The molecule has 2 heterocycles. The molecule has 1 aromatic heterocycles. The van der Waals surface area contributed by atoms with Crippen molar-refractivity contribution in [3.05, 3.63) is 12.4 Å². The van der Waals surface area contributed by atoms with Gasteiger partial charge in [0.05, 0.1) is 0 Å². The van der Waals surface area contributed by atoms with Gasteiger partial charge in [0.15, 0.2) is 0 Å². The molecule has 1 N–H and O–H groups in total. The molecule has 0 aromatic carbocycles. The second-order valence-corrected chi connectivity index (χ2v) is 5.77. The van der Waals surface area contributed by atoms with Gasteiger partial charge in [0.1, 0.15) is 0 Å². The molecule has 0 spiro atoms. The maximum Gasteiger partial charge on any atom is 0.277 e. The van der Waals surface area contributed by atoms with Crippen molar-refractivity contribution < 1.29 is 8.42 Å². The van der Waals surface area contributed by atoms with Crippen LogP contribution in [0.4, 0.5) is 0 Å². The van der Waals surface area contributed by atoms with Gasteiger partial charge in [0, 0.05) is 45.1 Å². The van der Waals surface area contributed by atoms with E-state index in [0.29, 0.717) is 19.6 Å². The number of sulfonamides is 1. The summed E-state index contributed by atoms with van der Waals surface area (Å²) in [5.41, 5.74) is 0. The predicted molar refractivity (Wildman–Crippen MR) is 59.4 cm³/mol. The van der Waals surface area contributed by atoms with Crippen molar-refractivity contribution in [3.8, 4) is 0 Å². The molecule has 0 radical (unpaired) electrons. The summed E-state index contributed by atoms with van der Waals surface area (Å²) in [7, 11) is -1.77. The van der Waals surface area contributed by atoms with Crippen molar-refractivity contribution in [1.29, 1.82) is 0 Å². The van der Waals surface area contributed by atoms with Crippen LogP contribution in [0.1, 0.15) is 6.92 Å². The molecule has 1 aliphatic heterocycles. The molecule has 0 aliphatic carbocycles. The number of hydrogen-bond donors (Lipinski definition) is 1. The topological polar surface area (TPSA) is 67.2 Å². The zero-order chi connectivity index (χ0) is 11.8. The van der Waals surface area contributed by atoms with E-state index in [4.69, 9.17) is 0 Å². The summed E-state index contributed by atoms with van der Waals surface area (Å²) in [6.07, 6.45) is 3.14. The van der Waals surface area contributed by atoms with E-state index >= 15 is 0 Å². The standard InChI is InChI=1S/C9H16N4O2S/c1-8-7-10-3-6-13(8)16(14,15)9-11-4-5-12(9)2/h4-5,8,10H,3,6-7H2,1-2H3/t8-/m1/s1. The molecule has 1 atom stereocenters. The van der Waals surface area contributed by atoms with E-state index in [1.165, 1.54) is 15.1 Å². The molecule has 7 heteroatoms. The molecule has 1 aliphatic rings. The minimum absolute atomic E-state index is 0.0320. The Morgan fingerprint density at radius 2 is 2.31 bits per heavy atom. The fourth-order valence-electron chi connectivity index (χ4n) is 1.88. The van der Waals surface area contributed by atoms with E-state index in [9.17, 15) is 8.42 Å². The molecule has 6 nitrogen and oxygen atoms in total. The van der Waals surface area contributed by atoms with Crippen molar-refractivity contribution in [2.24, 2.45) is 7.05 Å². The van der Waals surface area contributed by atoms with Gasteiger partial charge in [-0.1, -0.05) is 0 Å². The van der Waals surface area contributed by atoms with Crippen LogP contribution in [-0.2, 0) is 17.1 Å². The lowest BCUT2D eigenvalue weighted by molar-refractivity contribution is 0.281. The molecular weight excluding hydrogens is 228 g/mol. The normalized spacial score (nSPS) is 23.5. The van der Waals surface area contributed by atoms with E-state index in [1.54, 1.807) is 13.2 Å². The van der Waals surface area contributed by atoms with Gasteiger partial charge in [0.2, 0.25) is 5.16 Å². The highest BCUT2D eigenvalue weighted by molar-refractivity contribution is 7.89. The van der Waals surface area contributed by atoms with Crippen molar-refractivity contribution in [3.63, 3.8) is 0 Å². The molecule has 0 bridgehead atoms. The number of nitrogens with zero attached hydrogens (tertiary/aromatic N) is 3. The molecule has 0 saturated carbocycles. The highest BCUT2D eigenvalue weighted by atomic mass is 32.2. The van der Waals surface area contributed by atoms with Crippen LogP contribution in [0.15, 0.2) is 17.6 Å². The maximum atomic E-state index is 12.3. The number of piperazine rings is 1. The summed E-state index contributed by atoms with van der Waals surface area (Å²) < 4.78 is 27.6. The summed E-state index contributed by atoms with van der Waals surface area (Å²) in [6, 6.07) is -0.0320. The third-order valence-electron chi connectivity index (χ3n) is 2.76. The molecule has 1 saturated heterocycles. The maximum absolute atomic E-state index is 12.3. The summed E-state index contributed by atoms with van der Waals surface area (Å²) in [4.78, 5) is 3.91. The Morgan fingerprint density at radius 3 is 2.88 bits per heavy atom. The minimum atomic E-state index is -3.45. The minimum Gasteiger partial charge on any atom is -0.324 e. The van der Waals surface area contributed by atoms with Gasteiger partial charge >= 0.3 is 0 Å². The van der Waals surface area contributed by atoms with Gasteiger partial charge in [-0.05, 0) is 6.92 Å². The summed E-state index contributed by atoms with van der Waals surface area (Å²) in [5, 5.41) is 3.28. The second kappa shape index (κ2) is 4.15. The highest BCUT2D eigenvalue weighted by Gasteiger charge is 2.33. The van der Waals surface area contributed by atoms with Crippen LogP contribution in [0.2, 0.25) is 0 Å². The van der Waals surface area contributed by atoms with Crippen LogP contribution in [0, 0.1) is 0 Å². The third kappa shape index (κ3) is 1.85. The van der Waals surface area contributed by atoms with Crippen LogP contribution < -0.4 is 5.32 Å². The van der Waals surface area contributed by atoms with Crippen molar-refractivity contribution in [1.82, 2.24) is 19.2 Å². The number of hydrogen-bond acceptors (Lipinski definition) is 4. The summed E-state index contributed by atoms with van der Waals surface area (Å²) in [6.45, 7) is 3.76. The fraction of sp³-hybridized carbons (Fsp3) is 0.667. The summed E-state index contributed by atoms with van der Waals surface area (Å²) >= 11 is 0. The average Bonchev–Trinajstić information content (AvgIpc) is 2.65. The molecule has 0 amide bonds. The molecule has 2 rings (SSSR count). The number of aryl methyl sites for hydroxylation is 1. The molecule has 1 aromatic rings. The lowest BCUT2D eigenvalue weighted by Gasteiger charge is -2.32. The van der Waals surface area contributed by atoms with E-state index in [1.807, 2.05) is 6.92 Å². The fourth-order valence-corrected chi connectivity index (χ4v) is 3.59. The van der Waals surface area contributed by atoms with Gasteiger partial charge < -0.3 is 9.88 Å². The molecule has 1 fully saturated rings.